The summed E-state index contributed by atoms with van der Waals surface area (Å²) < 4.78 is 31.8. The van der Waals surface area contributed by atoms with E-state index in [1.165, 1.54) is 9.87 Å². The van der Waals surface area contributed by atoms with E-state index in [-0.39, 0.29) is 11.9 Å². The van der Waals surface area contributed by atoms with Crippen LogP contribution in [0.25, 0.3) is 0 Å². The van der Waals surface area contributed by atoms with E-state index in [1.54, 1.807) is 31.2 Å². The number of hydrogen-bond donors (Lipinski definition) is 1. The van der Waals surface area contributed by atoms with Gasteiger partial charge in [0.15, 0.2) is 0 Å². The molecule has 0 unspecified atom stereocenters. The van der Waals surface area contributed by atoms with E-state index in [2.05, 4.69) is 12.2 Å². The Hall–Kier alpha value is -2.54. The van der Waals surface area contributed by atoms with E-state index < -0.39 is 16.1 Å². The Labute approximate surface area is 180 Å². The zero-order valence-corrected chi connectivity index (χ0v) is 19.2. The summed E-state index contributed by atoms with van der Waals surface area (Å²) in [5.41, 5.74) is 2.63. The van der Waals surface area contributed by atoms with Crippen molar-refractivity contribution < 1.29 is 17.9 Å². The summed E-state index contributed by atoms with van der Waals surface area (Å²) in [5, 5.41) is 2.97. The lowest BCUT2D eigenvalue weighted by Crippen LogP contribution is -2.49. The molecule has 0 saturated carbocycles. The first-order valence-electron chi connectivity index (χ1n) is 10.3. The van der Waals surface area contributed by atoms with Crippen molar-refractivity contribution in [2.24, 2.45) is 0 Å². The molecule has 0 aliphatic heterocycles. The van der Waals surface area contributed by atoms with Crippen LogP contribution in [-0.2, 0) is 21.2 Å². The summed E-state index contributed by atoms with van der Waals surface area (Å²) in [6.45, 7) is 8.19. The summed E-state index contributed by atoms with van der Waals surface area (Å²) in [5.74, 6) is 0.320. The second-order valence-electron chi connectivity index (χ2n) is 7.24. The fraction of sp³-hybridized carbons (Fsp3) is 0.435. The van der Waals surface area contributed by atoms with Crippen LogP contribution in [0.5, 0.6) is 5.75 Å². The second-order valence-corrected chi connectivity index (χ2v) is 9.09. The van der Waals surface area contributed by atoms with Crippen molar-refractivity contribution in [3.8, 4) is 5.75 Å². The predicted octanol–water partition coefficient (Wildman–Crippen LogP) is 4.07. The number of nitrogens with one attached hydrogen (secondary N) is 1. The van der Waals surface area contributed by atoms with E-state index in [9.17, 15) is 13.2 Å². The lowest BCUT2D eigenvalue weighted by atomic mass is 10.0. The molecule has 2 rings (SSSR count). The number of sulfonamides is 1. The smallest absolute Gasteiger partial charge is 0.244 e. The van der Waals surface area contributed by atoms with Crippen LogP contribution in [0.3, 0.4) is 0 Å². The van der Waals surface area contributed by atoms with Crippen molar-refractivity contribution in [1.29, 1.82) is 0 Å². The maximum atomic E-state index is 13.1. The number of amides is 1. The van der Waals surface area contributed by atoms with Gasteiger partial charge < -0.3 is 10.1 Å². The molecule has 0 fully saturated rings. The number of nitrogens with zero attached hydrogens (tertiary/aromatic N) is 1. The van der Waals surface area contributed by atoms with Crippen LogP contribution in [-0.4, -0.2) is 33.2 Å². The van der Waals surface area contributed by atoms with Gasteiger partial charge in [0.2, 0.25) is 15.9 Å². The zero-order valence-electron chi connectivity index (χ0n) is 18.4. The summed E-state index contributed by atoms with van der Waals surface area (Å²) in [4.78, 5) is 13.1. The number of hydrogen-bond acceptors (Lipinski definition) is 4. The standard InChI is InChI=1S/C23H32N2O4S/c1-6-18-9-11-19(12-10-18)17(4)24-23(26)22(7-2)25(30(5,27)28)20-13-15-21(16-14-20)29-8-3/h9-17,22H,6-8H2,1-5H3,(H,24,26)/t17-,22-/m0/s1. The molecule has 7 heteroatoms. The topological polar surface area (TPSA) is 75.7 Å². The molecular weight excluding hydrogens is 400 g/mol. The van der Waals surface area contributed by atoms with Gasteiger partial charge in [0.25, 0.3) is 0 Å². The molecule has 0 saturated heterocycles. The number of rotatable bonds is 10. The Morgan fingerprint density at radius 3 is 2.10 bits per heavy atom. The van der Waals surface area contributed by atoms with Crippen LogP contribution in [0.4, 0.5) is 5.69 Å². The highest BCUT2D eigenvalue weighted by Crippen LogP contribution is 2.26. The molecule has 0 aromatic heterocycles. The normalized spacial score (nSPS) is 13.4. The molecule has 0 radical (unpaired) electrons. The van der Waals surface area contributed by atoms with Gasteiger partial charge in [-0.25, -0.2) is 8.42 Å². The molecule has 0 aliphatic rings. The first-order chi connectivity index (χ1) is 14.2. The van der Waals surface area contributed by atoms with Crippen molar-refractivity contribution in [3.05, 3.63) is 59.7 Å². The van der Waals surface area contributed by atoms with Crippen LogP contribution >= 0.6 is 0 Å². The van der Waals surface area contributed by atoms with Gasteiger partial charge in [0, 0.05) is 0 Å². The molecule has 1 N–H and O–H groups in total. The van der Waals surface area contributed by atoms with Crippen LogP contribution < -0.4 is 14.4 Å². The molecule has 2 aromatic carbocycles. The average Bonchev–Trinajstić information content (AvgIpc) is 2.72. The minimum atomic E-state index is -3.68. The molecule has 0 aliphatic carbocycles. The molecule has 1 amide bonds. The number of benzene rings is 2. The number of ether oxygens (including phenoxy) is 1. The highest BCUT2D eigenvalue weighted by atomic mass is 32.2. The number of carbonyl (C=O) groups excluding carboxylic acids is 1. The summed E-state index contributed by atoms with van der Waals surface area (Å²) in [6.07, 6.45) is 2.41. The van der Waals surface area contributed by atoms with Gasteiger partial charge in [-0.05, 0) is 62.1 Å². The van der Waals surface area contributed by atoms with E-state index >= 15 is 0 Å². The van der Waals surface area contributed by atoms with Gasteiger partial charge in [-0.2, -0.15) is 0 Å². The molecule has 2 aromatic rings. The van der Waals surface area contributed by atoms with Gasteiger partial charge in [0.05, 0.1) is 24.6 Å². The molecule has 6 nitrogen and oxygen atoms in total. The molecule has 0 heterocycles. The van der Waals surface area contributed by atoms with E-state index in [0.29, 0.717) is 24.5 Å². The Kier molecular flexibility index (Phi) is 8.29. The first kappa shape index (κ1) is 23.7. The van der Waals surface area contributed by atoms with E-state index in [1.807, 2.05) is 38.1 Å². The average molecular weight is 433 g/mol. The highest BCUT2D eigenvalue weighted by molar-refractivity contribution is 7.92. The summed E-state index contributed by atoms with van der Waals surface area (Å²) >= 11 is 0. The predicted molar refractivity (Wildman–Crippen MR) is 121 cm³/mol. The number of aryl methyl sites for hydroxylation is 1. The summed E-state index contributed by atoms with van der Waals surface area (Å²) in [7, 11) is -3.68. The van der Waals surface area contributed by atoms with Crippen LogP contribution in [0.2, 0.25) is 0 Å². The highest BCUT2D eigenvalue weighted by Gasteiger charge is 2.32. The molecule has 30 heavy (non-hydrogen) atoms. The quantitative estimate of drug-likeness (QED) is 0.614. The molecule has 164 valence electrons. The summed E-state index contributed by atoms with van der Waals surface area (Å²) in [6, 6.07) is 13.7. The van der Waals surface area contributed by atoms with Crippen molar-refractivity contribution in [2.75, 3.05) is 17.2 Å². The minimum Gasteiger partial charge on any atom is -0.494 e. The van der Waals surface area contributed by atoms with Gasteiger partial charge in [-0.3, -0.25) is 9.10 Å². The van der Waals surface area contributed by atoms with Crippen LogP contribution in [0.1, 0.15) is 51.3 Å². The van der Waals surface area contributed by atoms with Gasteiger partial charge in [-0.15, -0.1) is 0 Å². The maximum Gasteiger partial charge on any atom is 0.244 e. The lowest BCUT2D eigenvalue weighted by Gasteiger charge is -2.31. The second kappa shape index (κ2) is 10.5. The minimum absolute atomic E-state index is 0.237. The van der Waals surface area contributed by atoms with Crippen molar-refractivity contribution in [2.45, 2.75) is 52.6 Å². The SMILES string of the molecule is CCOc1ccc(N([C@@H](CC)C(=O)N[C@@H](C)c2ccc(CC)cc2)S(C)(=O)=O)cc1. The third kappa shape index (κ3) is 5.98. The third-order valence-electron chi connectivity index (χ3n) is 4.98. The Morgan fingerprint density at radius 2 is 1.63 bits per heavy atom. The van der Waals surface area contributed by atoms with Crippen LogP contribution in [0.15, 0.2) is 48.5 Å². The van der Waals surface area contributed by atoms with Crippen molar-refractivity contribution in [3.63, 3.8) is 0 Å². The number of anilines is 1. The van der Waals surface area contributed by atoms with E-state index in [4.69, 9.17) is 4.74 Å². The maximum absolute atomic E-state index is 13.1. The lowest BCUT2D eigenvalue weighted by molar-refractivity contribution is -0.122. The largest absolute Gasteiger partial charge is 0.494 e. The molecule has 2 atom stereocenters. The van der Waals surface area contributed by atoms with Gasteiger partial charge in [-0.1, -0.05) is 38.1 Å². The number of carbonyl (C=O) groups is 1. The van der Waals surface area contributed by atoms with Gasteiger partial charge >= 0.3 is 0 Å². The molecule has 0 spiro atoms. The fourth-order valence-corrected chi connectivity index (χ4v) is 4.56. The van der Waals surface area contributed by atoms with E-state index in [0.717, 1.165) is 18.2 Å². The zero-order chi connectivity index (χ0) is 22.3. The fourth-order valence-electron chi connectivity index (χ4n) is 3.35. The third-order valence-corrected chi connectivity index (χ3v) is 6.16. The van der Waals surface area contributed by atoms with Crippen molar-refractivity contribution >= 4 is 21.6 Å². The van der Waals surface area contributed by atoms with Gasteiger partial charge in [0.1, 0.15) is 11.8 Å². The Morgan fingerprint density at radius 1 is 1.03 bits per heavy atom. The van der Waals surface area contributed by atoms with Crippen LogP contribution in [0, 0.1) is 0 Å². The van der Waals surface area contributed by atoms with Crippen molar-refractivity contribution in [1.82, 2.24) is 5.32 Å². The molecular formula is C23H32N2O4S. The first-order valence-corrected chi connectivity index (χ1v) is 12.2. The Balaban J connectivity index is 2.26. The monoisotopic (exact) mass is 432 g/mol. The Bertz CT molecular complexity index is 925. The molecule has 0 bridgehead atoms.